The molecule has 2 N–H and O–H groups in total. The summed E-state index contributed by atoms with van der Waals surface area (Å²) < 4.78 is 40.1. The van der Waals surface area contributed by atoms with Gasteiger partial charge in [0.1, 0.15) is 23.8 Å². The van der Waals surface area contributed by atoms with E-state index in [1.54, 1.807) is 33.8 Å². The summed E-state index contributed by atoms with van der Waals surface area (Å²) in [6.45, 7) is 7.82. The molecular formula is C31H39F2N3O5. The first-order chi connectivity index (χ1) is 19.5. The number of ether oxygens (including phenoxy) is 2. The SMILES string of the molecule is Cc1c(OCCN(CCCF)C(=O)OC(C)(C)C)ccc(F)c1C1c2[nH]c3ccccc3c2CCN1CCC(=O)O. The Morgan fingerprint density at radius 2 is 1.93 bits per heavy atom. The second-order valence-electron chi connectivity index (χ2n) is 11.3. The first-order valence-corrected chi connectivity index (χ1v) is 14.0. The van der Waals surface area contributed by atoms with Crippen molar-refractivity contribution in [2.45, 2.75) is 58.6 Å². The van der Waals surface area contributed by atoms with Crippen molar-refractivity contribution in [2.75, 3.05) is 39.5 Å². The molecule has 1 unspecified atom stereocenters. The Hall–Kier alpha value is -3.66. The van der Waals surface area contributed by atoms with Gasteiger partial charge in [-0.2, -0.15) is 0 Å². The highest BCUT2D eigenvalue weighted by atomic mass is 19.1. The van der Waals surface area contributed by atoms with Crippen LogP contribution >= 0.6 is 0 Å². The second-order valence-corrected chi connectivity index (χ2v) is 11.3. The Balaban J connectivity index is 1.63. The molecular weight excluding hydrogens is 532 g/mol. The Morgan fingerprint density at radius 1 is 1.17 bits per heavy atom. The maximum absolute atomic E-state index is 15.7. The third-order valence-electron chi connectivity index (χ3n) is 7.26. The number of carboxylic acid groups (broad SMARTS) is 1. The molecule has 0 bridgehead atoms. The standard InChI is InChI=1S/C31H39F2N3O5/c1-20-25(40-19-18-36(15-7-14-32)30(39)41-31(2,3)4)11-10-23(33)27(20)29-28-22(12-16-35(29)17-13-26(37)38)21-8-5-6-9-24(21)34-28/h5-6,8-11,29,34H,7,12-19H2,1-4H3,(H,37,38). The van der Waals surface area contributed by atoms with E-state index in [0.29, 0.717) is 29.8 Å². The lowest BCUT2D eigenvalue weighted by Gasteiger charge is -2.37. The smallest absolute Gasteiger partial charge is 0.410 e. The van der Waals surface area contributed by atoms with Crippen LogP contribution in [-0.4, -0.2) is 77.0 Å². The summed E-state index contributed by atoms with van der Waals surface area (Å²) in [5, 5.41) is 10.5. The number of nitrogens with one attached hydrogen (secondary N) is 1. The molecule has 1 aliphatic heterocycles. The number of nitrogens with zero attached hydrogens (tertiary/aromatic N) is 2. The maximum atomic E-state index is 15.7. The van der Waals surface area contributed by atoms with Gasteiger partial charge in [-0.1, -0.05) is 18.2 Å². The molecule has 0 spiro atoms. The molecule has 1 aromatic heterocycles. The van der Waals surface area contributed by atoms with Crippen LogP contribution < -0.4 is 4.74 Å². The molecule has 3 aromatic rings. The molecule has 10 heteroatoms. The van der Waals surface area contributed by atoms with Crippen LogP contribution in [0.5, 0.6) is 5.75 Å². The molecule has 8 nitrogen and oxygen atoms in total. The third kappa shape index (κ3) is 7.16. The molecule has 0 fully saturated rings. The highest BCUT2D eigenvalue weighted by Crippen LogP contribution is 2.42. The number of carbonyl (C=O) groups excluding carboxylic acids is 1. The molecule has 4 rings (SSSR count). The molecule has 1 amide bonds. The van der Waals surface area contributed by atoms with Crippen LogP contribution in [0.2, 0.25) is 0 Å². The summed E-state index contributed by atoms with van der Waals surface area (Å²) in [5.74, 6) is -0.870. The minimum absolute atomic E-state index is 0.0672. The van der Waals surface area contributed by atoms with E-state index < -0.39 is 36.2 Å². The molecule has 0 radical (unpaired) electrons. The van der Waals surface area contributed by atoms with Gasteiger partial charge in [-0.05, 0) is 69.9 Å². The predicted molar refractivity (Wildman–Crippen MR) is 153 cm³/mol. The van der Waals surface area contributed by atoms with Crippen LogP contribution in [0.3, 0.4) is 0 Å². The van der Waals surface area contributed by atoms with Crippen molar-refractivity contribution < 1.29 is 33.0 Å². The van der Waals surface area contributed by atoms with Crippen molar-refractivity contribution >= 4 is 23.0 Å². The van der Waals surface area contributed by atoms with Crippen molar-refractivity contribution in [1.29, 1.82) is 0 Å². The summed E-state index contributed by atoms with van der Waals surface area (Å²) in [4.78, 5) is 31.0. The number of alkyl halides is 1. The van der Waals surface area contributed by atoms with E-state index in [-0.39, 0.29) is 39.1 Å². The molecule has 2 aromatic carbocycles. The number of benzene rings is 2. The molecule has 0 saturated heterocycles. The van der Waals surface area contributed by atoms with Crippen molar-refractivity contribution in [2.24, 2.45) is 0 Å². The Labute approximate surface area is 239 Å². The Bertz CT molecular complexity index is 1380. The zero-order chi connectivity index (χ0) is 29.7. The molecule has 222 valence electrons. The van der Waals surface area contributed by atoms with Gasteiger partial charge in [0.05, 0.1) is 25.7 Å². The second kappa shape index (κ2) is 12.9. The van der Waals surface area contributed by atoms with Crippen molar-refractivity contribution in [3.8, 4) is 5.75 Å². The van der Waals surface area contributed by atoms with E-state index in [9.17, 15) is 19.1 Å². The van der Waals surface area contributed by atoms with E-state index in [2.05, 4.69) is 4.98 Å². The van der Waals surface area contributed by atoms with Gasteiger partial charge in [0.15, 0.2) is 0 Å². The number of rotatable bonds is 11. The zero-order valence-corrected chi connectivity index (χ0v) is 24.1. The minimum Gasteiger partial charge on any atom is -0.491 e. The fourth-order valence-electron chi connectivity index (χ4n) is 5.40. The monoisotopic (exact) mass is 571 g/mol. The number of aliphatic carboxylic acids is 1. The quantitative estimate of drug-likeness (QED) is 0.293. The topological polar surface area (TPSA) is 95.1 Å². The highest BCUT2D eigenvalue weighted by molar-refractivity contribution is 5.85. The number of fused-ring (bicyclic) bond motifs is 3. The van der Waals surface area contributed by atoms with Gasteiger partial charge in [0.2, 0.25) is 0 Å². The first-order valence-electron chi connectivity index (χ1n) is 14.0. The van der Waals surface area contributed by atoms with Crippen LogP contribution in [0.15, 0.2) is 36.4 Å². The normalized spacial score (nSPS) is 15.5. The average Bonchev–Trinajstić information content (AvgIpc) is 3.29. The Morgan fingerprint density at radius 3 is 2.63 bits per heavy atom. The van der Waals surface area contributed by atoms with Gasteiger partial charge in [0.25, 0.3) is 0 Å². The Kier molecular flexibility index (Phi) is 9.53. The van der Waals surface area contributed by atoms with Crippen molar-refractivity contribution in [3.63, 3.8) is 0 Å². The summed E-state index contributed by atoms with van der Waals surface area (Å²) in [6.07, 6.45) is 0.280. The molecule has 0 saturated carbocycles. The van der Waals surface area contributed by atoms with Gasteiger partial charge in [0, 0.05) is 41.8 Å². The number of aromatic nitrogens is 1. The number of H-pyrrole nitrogens is 1. The lowest BCUT2D eigenvalue weighted by molar-refractivity contribution is -0.137. The lowest BCUT2D eigenvalue weighted by atomic mass is 9.89. The molecule has 0 aliphatic carbocycles. The van der Waals surface area contributed by atoms with Crippen LogP contribution in [0.4, 0.5) is 13.6 Å². The van der Waals surface area contributed by atoms with E-state index in [0.717, 1.165) is 22.2 Å². The highest BCUT2D eigenvalue weighted by Gasteiger charge is 2.35. The number of hydrogen-bond donors (Lipinski definition) is 2. The van der Waals surface area contributed by atoms with Gasteiger partial charge in [-0.3, -0.25) is 14.1 Å². The van der Waals surface area contributed by atoms with Crippen LogP contribution in [-0.2, 0) is 16.0 Å². The number of aromatic amines is 1. The van der Waals surface area contributed by atoms with Gasteiger partial charge >= 0.3 is 12.1 Å². The largest absolute Gasteiger partial charge is 0.491 e. The number of carboxylic acids is 1. The maximum Gasteiger partial charge on any atom is 0.410 e. The van der Waals surface area contributed by atoms with E-state index in [1.807, 2.05) is 29.2 Å². The van der Waals surface area contributed by atoms with E-state index in [4.69, 9.17) is 9.47 Å². The molecule has 41 heavy (non-hydrogen) atoms. The molecule has 2 heterocycles. The van der Waals surface area contributed by atoms with Crippen LogP contribution in [0, 0.1) is 12.7 Å². The van der Waals surface area contributed by atoms with Gasteiger partial charge in [-0.15, -0.1) is 0 Å². The summed E-state index contributed by atoms with van der Waals surface area (Å²) in [5.41, 5.74) is 3.22. The number of amides is 1. The van der Waals surface area contributed by atoms with Gasteiger partial charge in [-0.25, -0.2) is 9.18 Å². The fraction of sp³-hybridized carbons (Fsp3) is 0.484. The van der Waals surface area contributed by atoms with E-state index in [1.165, 1.54) is 11.0 Å². The van der Waals surface area contributed by atoms with Crippen LogP contribution in [0.25, 0.3) is 10.9 Å². The van der Waals surface area contributed by atoms with Crippen molar-refractivity contribution in [3.05, 3.63) is 64.6 Å². The van der Waals surface area contributed by atoms with E-state index >= 15 is 4.39 Å². The number of hydrogen-bond acceptors (Lipinski definition) is 5. The summed E-state index contributed by atoms with van der Waals surface area (Å²) >= 11 is 0. The fourth-order valence-corrected chi connectivity index (χ4v) is 5.40. The number of carbonyl (C=O) groups is 2. The van der Waals surface area contributed by atoms with Gasteiger partial charge < -0.3 is 24.5 Å². The predicted octanol–water partition coefficient (Wildman–Crippen LogP) is 6.01. The lowest BCUT2D eigenvalue weighted by Crippen LogP contribution is -2.40. The third-order valence-corrected chi connectivity index (χ3v) is 7.26. The average molecular weight is 572 g/mol. The zero-order valence-electron chi connectivity index (χ0n) is 24.1. The summed E-state index contributed by atoms with van der Waals surface area (Å²) in [7, 11) is 0. The first kappa shape index (κ1) is 30.3. The van der Waals surface area contributed by atoms with Crippen molar-refractivity contribution in [1.82, 2.24) is 14.8 Å². The minimum atomic E-state index is -0.914. The number of halogens is 2. The molecule has 1 aliphatic rings. The summed E-state index contributed by atoms with van der Waals surface area (Å²) in [6, 6.07) is 10.3. The molecule has 1 atom stereocenters. The van der Waals surface area contributed by atoms with Crippen LogP contribution in [0.1, 0.15) is 62.0 Å². The number of para-hydroxylation sites is 1.